The summed E-state index contributed by atoms with van der Waals surface area (Å²) in [6, 6.07) is 0.171. The number of ether oxygens (including phenoxy) is 2. The molecule has 0 fully saturated rings. The minimum atomic E-state index is -0.166. The molecule has 100 valence electrons. The fraction of sp³-hybridized carbons (Fsp3) is 0.818. The van der Waals surface area contributed by atoms with Gasteiger partial charge in [0, 0.05) is 26.1 Å². The molecule has 6 heteroatoms. The summed E-state index contributed by atoms with van der Waals surface area (Å²) in [5.74, 6) is -0.166. The predicted molar refractivity (Wildman–Crippen MR) is 70.9 cm³/mol. The van der Waals surface area contributed by atoms with Crippen LogP contribution in [0.25, 0.3) is 0 Å². The van der Waals surface area contributed by atoms with Gasteiger partial charge in [-0.1, -0.05) is 0 Å². The quantitative estimate of drug-likeness (QED) is 0.384. The number of thiocarbonyl (C=S) groups is 1. The molecule has 2 N–H and O–H groups in total. The first-order valence-corrected chi connectivity index (χ1v) is 6.19. The molecular weight excluding hydrogens is 240 g/mol. The van der Waals surface area contributed by atoms with Gasteiger partial charge in [0.1, 0.15) is 0 Å². The van der Waals surface area contributed by atoms with Crippen molar-refractivity contribution in [3.05, 3.63) is 0 Å². The van der Waals surface area contributed by atoms with Crippen LogP contribution in [-0.2, 0) is 14.3 Å². The zero-order valence-electron chi connectivity index (χ0n) is 10.7. The van der Waals surface area contributed by atoms with E-state index in [2.05, 4.69) is 10.6 Å². The van der Waals surface area contributed by atoms with E-state index in [4.69, 9.17) is 21.7 Å². The van der Waals surface area contributed by atoms with Crippen molar-refractivity contribution in [1.82, 2.24) is 10.6 Å². The Balaban J connectivity index is 3.48. The van der Waals surface area contributed by atoms with Crippen LogP contribution in [0.15, 0.2) is 0 Å². The molecule has 0 saturated carbocycles. The summed E-state index contributed by atoms with van der Waals surface area (Å²) in [6.45, 7) is 5.47. The van der Waals surface area contributed by atoms with E-state index in [0.717, 1.165) is 0 Å². The second kappa shape index (κ2) is 10.3. The highest BCUT2D eigenvalue weighted by molar-refractivity contribution is 7.80. The van der Waals surface area contributed by atoms with E-state index in [0.29, 0.717) is 37.7 Å². The zero-order chi connectivity index (χ0) is 13.1. The summed E-state index contributed by atoms with van der Waals surface area (Å²) >= 11 is 5.08. The lowest BCUT2D eigenvalue weighted by atomic mass is 10.3. The second-order valence-corrected chi connectivity index (χ2v) is 4.07. The van der Waals surface area contributed by atoms with Crippen LogP contribution in [0.1, 0.15) is 26.7 Å². The van der Waals surface area contributed by atoms with Gasteiger partial charge in [-0.2, -0.15) is 0 Å². The summed E-state index contributed by atoms with van der Waals surface area (Å²) in [5.41, 5.74) is 0. The van der Waals surface area contributed by atoms with Gasteiger partial charge in [0.25, 0.3) is 0 Å². The van der Waals surface area contributed by atoms with Crippen LogP contribution in [0.5, 0.6) is 0 Å². The molecule has 0 amide bonds. The van der Waals surface area contributed by atoms with Crippen LogP contribution >= 0.6 is 12.2 Å². The van der Waals surface area contributed by atoms with E-state index < -0.39 is 0 Å². The van der Waals surface area contributed by atoms with Gasteiger partial charge in [-0.05, 0) is 32.5 Å². The van der Waals surface area contributed by atoms with Crippen molar-refractivity contribution >= 4 is 23.3 Å². The maximum Gasteiger partial charge on any atom is 0.305 e. The molecule has 0 saturated heterocycles. The molecule has 0 heterocycles. The third-order valence-corrected chi connectivity index (χ3v) is 2.20. The average Bonchev–Trinajstić information content (AvgIpc) is 2.25. The lowest BCUT2D eigenvalue weighted by Gasteiger charge is -2.15. The number of carbonyl (C=O) groups excluding carboxylic acids is 1. The van der Waals surface area contributed by atoms with Crippen molar-refractivity contribution < 1.29 is 14.3 Å². The van der Waals surface area contributed by atoms with Crippen molar-refractivity contribution in [2.45, 2.75) is 32.7 Å². The molecule has 0 spiro atoms. The normalized spacial score (nSPS) is 11.7. The highest BCUT2D eigenvalue weighted by atomic mass is 32.1. The van der Waals surface area contributed by atoms with Crippen molar-refractivity contribution in [3.8, 4) is 0 Å². The second-order valence-electron chi connectivity index (χ2n) is 3.67. The SMILES string of the molecule is CCOC(=O)CCCNC(=S)NC(C)COC. The van der Waals surface area contributed by atoms with E-state index >= 15 is 0 Å². The topological polar surface area (TPSA) is 59.6 Å². The Labute approximate surface area is 108 Å². The molecule has 0 aliphatic carbocycles. The Morgan fingerprint density at radius 2 is 2.18 bits per heavy atom. The molecule has 0 aromatic heterocycles. The van der Waals surface area contributed by atoms with Gasteiger partial charge >= 0.3 is 5.97 Å². The van der Waals surface area contributed by atoms with Crippen LogP contribution < -0.4 is 10.6 Å². The number of methoxy groups -OCH3 is 1. The molecule has 0 rings (SSSR count). The van der Waals surface area contributed by atoms with E-state index in [-0.39, 0.29) is 12.0 Å². The van der Waals surface area contributed by atoms with Gasteiger partial charge in [0.2, 0.25) is 0 Å². The molecule has 0 aromatic carbocycles. The Hall–Kier alpha value is -0.880. The molecular formula is C11H22N2O3S. The Kier molecular flexibility index (Phi) is 9.75. The average molecular weight is 262 g/mol. The molecule has 5 nitrogen and oxygen atoms in total. The molecule has 0 aliphatic rings. The number of esters is 1. The van der Waals surface area contributed by atoms with E-state index in [1.165, 1.54) is 0 Å². The summed E-state index contributed by atoms with van der Waals surface area (Å²) in [5, 5.41) is 6.68. The van der Waals surface area contributed by atoms with Crippen molar-refractivity contribution in [2.75, 3.05) is 26.9 Å². The summed E-state index contributed by atoms with van der Waals surface area (Å²) in [6.07, 6.45) is 1.12. The molecule has 0 radical (unpaired) electrons. The molecule has 0 bridgehead atoms. The first-order chi connectivity index (χ1) is 8.10. The van der Waals surface area contributed by atoms with Crippen molar-refractivity contribution in [2.24, 2.45) is 0 Å². The Morgan fingerprint density at radius 3 is 2.76 bits per heavy atom. The van der Waals surface area contributed by atoms with E-state index in [9.17, 15) is 4.79 Å². The van der Waals surface area contributed by atoms with Gasteiger partial charge in [0.15, 0.2) is 5.11 Å². The Bertz CT molecular complexity index is 237. The minimum absolute atomic E-state index is 0.166. The van der Waals surface area contributed by atoms with Crippen LogP contribution in [0.3, 0.4) is 0 Å². The van der Waals surface area contributed by atoms with E-state index in [1.807, 2.05) is 6.92 Å². The zero-order valence-corrected chi connectivity index (χ0v) is 11.6. The van der Waals surface area contributed by atoms with Crippen molar-refractivity contribution in [3.63, 3.8) is 0 Å². The summed E-state index contributed by atoms with van der Waals surface area (Å²) in [4.78, 5) is 11.0. The summed E-state index contributed by atoms with van der Waals surface area (Å²) in [7, 11) is 1.65. The first-order valence-electron chi connectivity index (χ1n) is 5.79. The van der Waals surface area contributed by atoms with Gasteiger partial charge in [0.05, 0.1) is 13.2 Å². The number of rotatable bonds is 8. The number of hydrogen-bond donors (Lipinski definition) is 2. The van der Waals surface area contributed by atoms with Crippen LogP contribution in [0, 0.1) is 0 Å². The lowest BCUT2D eigenvalue weighted by Crippen LogP contribution is -2.42. The van der Waals surface area contributed by atoms with Gasteiger partial charge in [-0.25, -0.2) is 0 Å². The Morgan fingerprint density at radius 1 is 1.47 bits per heavy atom. The molecule has 0 aliphatic heterocycles. The smallest absolute Gasteiger partial charge is 0.305 e. The third-order valence-electron chi connectivity index (χ3n) is 1.94. The summed E-state index contributed by atoms with van der Waals surface area (Å²) < 4.78 is 9.79. The minimum Gasteiger partial charge on any atom is -0.466 e. The predicted octanol–water partition coefficient (Wildman–Crippen LogP) is 0.829. The fourth-order valence-electron chi connectivity index (χ4n) is 1.23. The maximum atomic E-state index is 11.0. The number of carbonyl (C=O) groups is 1. The largest absolute Gasteiger partial charge is 0.466 e. The van der Waals surface area contributed by atoms with Gasteiger partial charge in [-0.3, -0.25) is 4.79 Å². The van der Waals surface area contributed by atoms with Gasteiger partial charge < -0.3 is 20.1 Å². The maximum absolute atomic E-state index is 11.0. The van der Waals surface area contributed by atoms with Crippen LogP contribution in [0.2, 0.25) is 0 Å². The highest BCUT2D eigenvalue weighted by Gasteiger charge is 2.04. The molecule has 1 atom stereocenters. The highest BCUT2D eigenvalue weighted by Crippen LogP contribution is 1.91. The standard InChI is InChI=1S/C11H22N2O3S/c1-4-16-10(14)6-5-7-12-11(17)13-9(2)8-15-3/h9H,4-8H2,1-3H3,(H2,12,13,17). The fourth-order valence-corrected chi connectivity index (χ4v) is 1.54. The molecule has 1 unspecified atom stereocenters. The number of hydrogen-bond acceptors (Lipinski definition) is 4. The molecule has 0 aromatic rings. The van der Waals surface area contributed by atoms with Crippen LogP contribution in [-0.4, -0.2) is 44.0 Å². The van der Waals surface area contributed by atoms with E-state index in [1.54, 1.807) is 14.0 Å². The molecule has 17 heavy (non-hydrogen) atoms. The monoisotopic (exact) mass is 262 g/mol. The first kappa shape index (κ1) is 16.1. The van der Waals surface area contributed by atoms with Gasteiger partial charge in [-0.15, -0.1) is 0 Å². The number of nitrogens with one attached hydrogen (secondary N) is 2. The van der Waals surface area contributed by atoms with Crippen LogP contribution in [0.4, 0.5) is 0 Å². The third kappa shape index (κ3) is 10.0. The lowest BCUT2D eigenvalue weighted by molar-refractivity contribution is -0.143. The van der Waals surface area contributed by atoms with Crippen molar-refractivity contribution in [1.29, 1.82) is 0 Å².